The second-order valence-corrected chi connectivity index (χ2v) is 7.96. The largest absolute Gasteiger partial charge is 0.469 e. The van der Waals surface area contributed by atoms with Gasteiger partial charge in [0.1, 0.15) is 0 Å². The average Bonchev–Trinajstić information content (AvgIpc) is 3.12. The molecule has 26 heavy (non-hydrogen) atoms. The van der Waals surface area contributed by atoms with Gasteiger partial charge < -0.3 is 9.47 Å². The number of halogens is 6. The monoisotopic (exact) mass is 390 g/mol. The van der Waals surface area contributed by atoms with Crippen molar-refractivity contribution in [3.05, 3.63) is 0 Å². The third kappa shape index (κ3) is 3.20. The first-order valence-electron chi connectivity index (χ1n) is 8.61. The zero-order valence-corrected chi connectivity index (χ0v) is 15.1. The second-order valence-electron chi connectivity index (χ2n) is 7.96. The van der Waals surface area contributed by atoms with Crippen LogP contribution >= 0.6 is 0 Å². The average molecular weight is 390 g/mol. The van der Waals surface area contributed by atoms with Gasteiger partial charge >= 0.3 is 18.3 Å². The van der Waals surface area contributed by atoms with Crippen molar-refractivity contribution in [3.63, 3.8) is 0 Å². The van der Waals surface area contributed by atoms with E-state index in [-0.39, 0.29) is 23.7 Å². The van der Waals surface area contributed by atoms with E-state index in [1.165, 1.54) is 7.11 Å². The van der Waals surface area contributed by atoms with Crippen molar-refractivity contribution in [1.29, 1.82) is 0 Å². The first-order chi connectivity index (χ1) is 11.7. The summed E-state index contributed by atoms with van der Waals surface area (Å²) in [5, 5.41) is 0. The lowest BCUT2D eigenvalue weighted by molar-refractivity contribution is -0.383. The van der Waals surface area contributed by atoms with Gasteiger partial charge in [-0.3, -0.25) is 4.79 Å². The lowest BCUT2D eigenvalue weighted by Gasteiger charge is -2.37. The number of carbonyl (C=O) groups is 1. The number of rotatable bonds is 2. The first-order valence-corrected chi connectivity index (χ1v) is 8.61. The number of hydrogen-bond acceptors (Lipinski definition) is 3. The summed E-state index contributed by atoms with van der Waals surface area (Å²) in [6.45, 7) is 5.72. The van der Waals surface area contributed by atoms with Crippen molar-refractivity contribution < 1.29 is 40.6 Å². The zero-order valence-electron chi connectivity index (χ0n) is 15.1. The Balaban J connectivity index is 0.000000232. The molecule has 0 spiro atoms. The van der Waals surface area contributed by atoms with Crippen molar-refractivity contribution in [2.75, 3.05) is 7.11 Å². The molecule has 1 heterocycles. The lowest BCUT2D eigenvalue weighted by Crippen LogP contribution is -2.60. The van der Waals surface area contributed by atoms with E-state index in [0.717, 1.165) is 6.42 Å². The van der Waals surface area contributed by atoms with E-state index in [4.69, 9.17) is 0 Å². The molecule has 1 saturated heterocycles. The summed E-state index contributed by atoms with van der Waals surface area (Å²) >= 11 is 0. The van der Waals surface area contributed by atoms with Gasteiger partial charge in [0.25, 0.3) is 5.60 Å². The Kier molecular flexibility index (Phi) is 5.38. The van der Waals surface area contributed by atoms with Gasteiger partial charge in [0.15, 0.2) is 0 Å². The van der Waals surface area contributed by atoms with Gasteiger partial charge in [-0.25, -0.2) is 0 Å². The number of esters is 1. The number of carbonyl (C=O) groups excluding carboxylic acids is 1. The van der Waals surface area contributed by atoms with E-state index in [0.29, 0.717) is 12.8 Å². The Hall–Kier alpha value is -0.990. The number of hydrogen-bond donors (Lipinski definition) is 0. The van der Waals surface area contributed by atoms with Gasteiger partial charge in [0.2, 0.25) is 0 Å². The molecular weight excluding hydrogens is 366 g/mol. The molecule has 0 aromatic heterocycles. The van der Waals surface area contributed by atoms with Crippen LogP contribution in [0.2, 0.25) is 0 Å². The summed E-state index contributed by atoms with van der Waals surface area (Å²) in [7, 11) is 1.42. The standard InChI is InChI=1S/C10H10F6O.C7H14O2/c11-9(12,13)8(10(14,15)16)6-2-4-1-5(6)7(3-4)17-8;1-5-7(2,3)6(8)9-4/h4-7H,1-3H2;5H2,1-4H3. The Morgan fingerprint density at radius 3 is 1.92 bits per heavy atom. The maximum absolute atomic E-state index is 12.9. The van der Waals surface area contributed by atoms with Crippen LogP contribution in [0.5, 0.6) is 0 Å². The van der Waals surface area contributed by atoms with E-state index in [9.17, 15) is 31.1 Å². The van der Waals surface area contributed by atoms with Crippen molar-refractivity contribution in [1.82, 2.24) is 0 Å². The van der Waals surface area contributed by atoms with Crippen LogP contribution in [0.1, 0.15) is 46.5 Å². The molecule has 0 aromatic rings. The molecule has 2 saturated carbocycles. The SMILES string of the molecule is CCC(C)(C)C(=O)OC.FC(F)(F)C1(C(F)(F)F)OC2CC3CC2C1C3. The fourth-order valence-corrected chi connectivity index (χ4v) is 4.35. The molecule has 3 fully saturated rings. The van der Waals surface area contributed by atoms with Gasteiger partial charge in [0, 0.05) is 5.92 Å². The Bertz CT molecular complexity index is 524. The van der Waals surface area contributed by atoms with Crippen LogP contribution in [-0.4, -0.2) is 37.1 Å². The van der Waals surface area contributed by atoms with Gasteiger partial charge in [-0.05, 0) is 51.4 Å². The molecule has 0 radical (unpaired) electrons. The highest BCUT2D eigenvalue weighted by Gasteiger charge is 2.82. The topological polar surface area (TPSA) is 35.5 Å². The van der Waals surface area contributed by atoms with E-state index in [1.54, 1.807) is 0 Å². The molecule has 0 aromatic carbocycles. The minimum absolute atomic E-state index is 0.0137. The molecule has 152 valence electrons. The number of ether oxygens (including phenoxy) is 2. The van der Waals surface area contributed by atoms with E-state index < -0.39 is 35.9 Å². The summed E-state index contributed by atoms with van der Waals surface area (Å²) in [5.41, 5.74) is -4.23. The van der Waals surface area contributed by atoms with Gasteiger partial charge in [0.05, 0.1) is 18.6 Å². The predicted octanol–water partition coefficient (Wildman–Crippen LogP) is 4.89. The molecule has 3 aliphatic rings. The first kappa shape index (κ1) is 21.3. The van der Waals surface area contributed by atoms with E-state index >= 15 is 0 Å². The molecule has 4 atom stereocenters. The van der Waals surface area contributed by atoms with Crippen LogP contribution in [-0.2, 0) is 14.3 Å². The summed E-state index contributed by atoms with van der Waals surface area (Å²) in [6.07, 6.45) is -10.0. The molecule has 3 nitrogen and oxygen atoms in total. The highest BCUT2D eigenvalue weighted by atomic mass is 19.4. The molecule has 0 amide bonds. The quantitative estimate of drug-likeness (QED) is 0.498. The minimum atomic E-state index is -5.39. The van der Waals surface area contributed by atoms with Crippen LogP contribution < -0.4 is 0 Å². The van der Waals surface area contributed by atoms with Crippen LogP contribution in [0.3, 0.4) is 0 Å². The van der Waals surface area contributed by atoms with Gasteiger partial charge in [-0.1, -0.05) is 6.92 Å². The number of fused-ring (bicyclic) bond motifs is 1. The molecule has 1 aliphatic heterocycles. The smallest absolute Gasteiger partial charge is 0.426 e. The van der Waals surface area contributed by atoms with E-state index in [2.05, 4.69) is 9.47 Å². The molecule has 4 unspecified atom stereocenters. The summed E-state index contributed by atoms with van der Waals surface area (Å²) < 4.78 is 86.5. The summed E-state index contributed by atoms with van der Waals surface area (Å²) in [5.74, 6) is -2.17. The summed E-state index contributed by atoms with van der Waals surface area (Å²) in [4.78, 5) is 10.8. The third-order valence-electron chi connectivity index (χ3n) is 6.08. The molecule has 3 rings (SSSR count). The van der Waals surface area contributed by atoms with Crippen LogP contribution in [0.15, 0.2) is 0 Å². The summed E-state index contributed by atoms with van der Waals surface area (Å²) in [6, 6.07) is 0. The third-order valence-corrected chi connectivity index (χ3v) is 6.08. The van der Waals surface area contributed by atoms with Crippen molar-refractivity contribution in [2.24, 2.45) is 23.2 Å². The molecule has 2 aliphatic carbocycles. The van der Waals surface area contributed by atoms with Crippen molar-refractivity contribution >= 4 is 5.97 Å². The fourth-order valence-electron chi connectivity index (χ4n) is 4.35. The van der Waals surface area contributed by atoms with Crippen LogP contribution in [0.4, 0.5) is 26.3 Å². The lowest BCUT2D eigenvalue weighted by atomic mass is 9.78. The maximum atomic E-state index is 12.9. The van der Waals surface area contributed by atoms with Crippen molar-refractivity contribution in [2.45, 2.75) is 70.5 Å². The molecule has 0 N–H and O–H groups in total. The van der Waals surface area contributed by atoms with Gasteiger partial charge in [-0.2, -0.15) is 26.3 Å². The highest BCUT2D eigenvalue weighted by Crippen LogP contribution is 2.67. The number of alkyl halides is 6. The molecule has 9 heteroatoms. The molecular formula is C17H24F6O3. The van der Waals surface area contributed by atoms with Crippen LogP contribution in [0.25, 0.3) is 0 Å². The fraction of sp³-hybridized carbons (Fsp3) is 0.941. The van der Waals surface area contributed by atoms with Gasteiger partial charge in [-0.15, -0.1) is 0 Å². The van der Waals surface area contributed by atoms with Crippen molar-refractivity contribution in [3.8, 4) is 0 Å². The normalized spacial score (nSPS) is 32.2. The molecule has 2 bridgehead atoms. The van der Waals surface area contributed by atoms with E-state index in [1.807, 2.05) is 20.8 Å². The Morgan fingerprint density at radius 1 is 1.08 bits per heavy atom. The maximum Gasteiger partial charge on any atom is 0.426 e. The Labute approximate surface area is 148 Å². The zero-order chi connectivity index (χ0) is 20.1. The Morgan fingerprint density at radius 2 is 1.62 bits per heavy atom. The number of methoxy groups -OCH3 is 1. The second kappa shape index (κ2) is 6.56. The van der Waals surface area contributed by atoms with Crippen LogP contribution in [0, 0.1) is 23.2 Å². The highest BCUT2D eigenvalue weighted by molar-refractivity contribution is 5.75. The predicted molar refractivity (Wildman–Crippen MR) is 80.1 cm³/mol. The minimum Gasteiger partial charge on any atom is -0.469 e.